The number of hydrogen-bond acceptors (Lipinski definition) is 4. The van der Waals surface area contributed by atoms with E-state index < -0.39 is 5.41 Å². The normalized spacial score (nSPS) is 15.6. The van der Waals surface area contributed by atoms with Crippen molar-refractivity contribution in [1.82, 2.24) is 4.98 Å². The highest BCUT2D eigenvalue weighted by atomic mass is 16.5. The van der Waals surface area contributed by atoms with E-state index in [1.54, 1.807) is 35.5 Å². The summed E-state index contributed by atoms with van der Waals surface area (Å²) in [6.45, 7) is 9.00. The molecule has 0 saturated heterocycles. The number of ether oxygens (including phenoxy) is 1. The first-order chi connectivity index (χ1) is 13.3. The lowest BCUT2D eigenvalue weighted by Gasteiger charge is -2.28. The van der Waals surface area contributed by atoms with Gasteiger partial charge < -0.3 is 15.0 Å². The van der Waals surface area contributed by atoms with Crippen LogP contribution in [0.1, 0.15) is 44.5 Å². The summed E-state index contributed by atoms with van der Waals surface area (Å²) in [5, 5.41) is 2.89. The number of carbonyl (C=O) groups excluding carboxylic acids is 2. The summed E-state index contributed by atoms with van der Waals surface area (Å²) in [4.78, 5) is 31.3. The number of aromatic nitrogens is 1. The van der Waals surface area contributed by atoms with Crippen LogP contribution in [0.15, 0.2) is 42.7 Å². The van der Waals surface area contributed by atoms with E-state index in [9.17, 15) is 9.59 Å². The Morgan fingerprint density at radius 3 is 2.64 bits per heavy atom. The molecule has 0 unspecified atom stereocenters. The maximum Gasteiger partial charge on any atom is 0.255 e. The summed E-state index contributed by atoms with van der Waals surface area (Å²) in [5.74, 6) is 0.935. The van der Waals surface area contributed by atoms with Gasteiger partial charge in [0.15, 0.2) is 0 Å². The molecule has 0 aliphatic carbocycles. The summed E-state index contributed by atoms with van der Waals surface area (Å²) in [5.41, 5.74) is 1.22. The van der Waals surface area contributed by atoms with Crippen molar-refractivity contribution in [3.05, 3.63) is 48.3 Å². The Morgan fingerprint density at radius 2 is 1.96 bits per heavy atom. The lowest BCUT2D eigenvalue weighted by Crippen LogP contribution is -2.42. The van der Waals surface area contributed by atoms with Crippen LogP contribution in [0.2, 0.25) is 0 Å². The molecule has 2 aromatic rings. The Hall–Kier alpha value is -2.89. The molecule has 0 saturated carbocycles. The van der Waals surface area contributed by atoms with E-state index >= 15 is 0 Å². The van der Waals surface area contributed by atoms with E-state index in [-0.39, 0.29) is 11.8 Å². The summed E-state index contributed by atoms with van der Waals surface area (Å²) in [6, 6.07) is 8.73. The number of hydrogen-bond donors (Lipinski definition) is 1. The molecule has 0 radical (unpaired) electrons. The molecule has 1 N–H and O–H groups in total. The van der Waals surface area contributed by atoms with Crippen molar-refractivity contribution in [2.24, 2.45) is 11.3 Å². The van der Waals surface area contributed by atoms with Crippen molar-refractivity contribution in [1.29, 1.82) is 0 Å². The van der Waals surface area contributed by atoms with Gasteiger partial charge in [0.05, 0.1) is 11.1 Å². The zero-order valence-corrected chi connectivity index (χ0v) is 16.9. The van der Waals surface area contributed by atoms with Crippen LogP contribution in [-0.4, -0.2) is 29.9 Å². The molecule has 1 aliphatic rings. The number of nitrogens with one attached hydrogen (secondary N) is 1. The van der Waals surface area contributed by atoms with Crippen LogP contribution in [0, 0.1) is 11.3 Å². The van der Waals surface area contributed by atoms with Gasteiger partial charge in [0.25, 0.3) is 5.91 Å². The van der Waals surface area contributed by atoms with E-state index in [0.29, 0.717) is 41.8 Å². The average Bonchev–Trinajstić information content (AvgIpc) is 2.76. The molecule has 6 heteroatoms. The fraction of sp³-hybridized carbons (Fsp3) is 0.409. The highest BCUT2D eigenvalue weighted by Crippen LogP contribution is 2.38. The van der Waals surface area contributed by atoms with E-state index in [2.05, 4.69) is 24.1 Å². The highest BCUT2D eigenvalue weighted by Gasteiger charge is 2.37. The first kappa shape index (κ1) is 19.9. The number of carbonyl (C=O) groups is 2. The summed E-state index contributed by atoms with van der Waals surface area (Å²) in [7, 11) is 0. The maximum absolute atomic E-state index is 13.1. The smallest absolute Gasteiger partial charge is 0.255 e. The fourth-order valence-electron chi connectivity index (χ4n) is 3.04. The van der Waals surface area contributed by atoms with Crippen molar-refractivity contribution in [2.75, 3.05) is 23.4 Å². The van der Waals surface area contributed by atoms with Crippen molar-refractivity contribution in [2.45, 2.75) is 34.1 Å². The van der Waals surface area contributed by atoms with Gasteiger partial charge in [0.1, 0.15) is 12.4 Å². The quantitative estimate of drug-likeness (QED) is 0.845. The first-order valence-electron chi connectivity index (χ1n) is 9.58. The number of fused-ring (bicyclic) bond motifs is 1. The maximum atomic E-state index is 13.1. The number of rotatable bonds is 5. The van der Waals surface area contributed by atoms with Crippen molar-refractivity contribution < 1.29 is 14.3 Å². The van der Waals surface area contributed by atoms with Gasteiger partial charge in [0.2, 0.25) is 5.91 Å². The summed E-state index contributed by atoms with van der Waals surface area (Å²) < 4.78 is 5.93. The van der Waals surface area contributed by atoms with Gasteiger partial charge in [-0.15, -0.1) is 0 Å². The van der Waals surface area contributed by atoms with E-state index in [1.807, 2.05) is 26.0 Å². The fourth-order valence-corrected chi connectivity index (χ4v) is 3.04. The van der Waals surface area contributed by atoms with Gasteiger partial charge >= 0.3 is 0 Å². The lowest BCUT2D eigenvalue weighted by molar-refractivity contribution is -0.127. The average molecular weight is 381 g/mol. The van der Waals surface area contributed by atoms with E-state index in [0.717, 1.165) is 6.42 Å². The van der Waals surface area contributed by atoms with Gasteiger partial charge in [-0.1, -0.05) is 13.8 Å². The number of benzene rings is 1. The van der Waals surface area contributed by atoms with Crippen LogP contribution < -0.4 is 15.0 Å². The van der Waals surface area contributed by atoms with Crippen molar-refractivity contribution >= 4 is 23.2 Å². The Bertz CT molecular complexity index is 863. The molecule has 3 rings (SSSR count). The molecule has 2 heterocycles. The van der Waals surface area contributed by atoms with E-state index in [1.165, 1.54) is 0 Å². The predicted molar refractivity (Wildman–Crippen MR) is 110 cm³/mol. The molecule has 1 aromatic heterocycles. The Morgan fingerprint density at radius 1 is 1.25 bits per heavy atom. The number of amides is 2. The Labute approximate surface area is 165 Å². The SMILES string of the molecule is CC(C)CCN1C(=O)C(C)(C)COc2ccc(NC(=O)c3ccncc3)cc21. The zero-order valence-electron chi connectivity index (χ0n) is 16.9. The second-order valence-electron chi connectivity index (χ2n) is 8.18. The van der Waals surface area contributed by atoms with Crippen LogP contribution in [-0.2, 0) is 4.79 Å². The second-order valence-corrected chi connectivity index (χ2v) is 8.18. The Balaban J connectivity index is 1.91. The lowest BCUT2D eigenvalue weighted by atomic mass is 9.92. The van der Waals surface area contributed by atoms with E-state index in [4.69, 9.17) is 4.74 Å². The molecule has 1 aromatic carbocycles. The van der Waals surface area contributed by atoms with Gasteiger partial charge in [0, 0.05) is 30.2 Å². The number of pyridine rings is 1. The van der Waals surface area contributed by atoms with Gasteiger partial charge in [-0.05, 0) is 56.5 Å². The molecule has 6 nitrogen and oxygen atoms in total. The minimum atomic E-state index is -0.615. The molecule has 148 valence electrons. The molecule has 0 atom stereocenters. The predicted octanol–water partition coefficient (Wildman–Crippen LogP) is 4.13. The summed E-state index contributed by atoms with van der Waals surface area (Å²) >= 11 is 0. The number of anilines is 2. The molecule has 1 aliphatic heterocycles. The van der Waals surface area contributed by atoms with Crippen molar-refractivity contribution in [3.8, 4) is 5.75 Å². The monoisotopic (exact) mass is 381 g/mol. The van der Waals surface area contributed by atoms with Gasteiger partial charge in [-0.2, -0.15) is 0 Å². The standard InChI is InChI=1S/C22H27N3O3/c1-15(2)9-12-25-18-13-17(24-20(26)16-7-10-23-11-8-16)5-6-19(18)28-14-22(3,4)21(25)27/h5-8,10-11,13,15H,9,12,14H2,1-4H3,(H,24,26). The van der Waals surface area contributed by atoms with Gasteiger partial charge in [-0.25, -0.2) is 0 Å². The zero-order chi connectivity index (χ0) is 20.3. The minimum Gasteiger partial charge on any atom is -0.490 e. The third kappa shape index (κ3) is 4.32. The molecule has 2 amide bonds. The molecule has 0 fully saturated rings. The second kappa shape index (κ2) is 8.00. The third-order valence-electron chi connectivity index (χ3n) is 4.79. The van der Waals surface area contributed by atoms with Crippen LogP contribution in [0.25, 0.3) is 0 Å². The molecular formula is C22H27N3O3. The van der Waals surface area contributed by atoms with Gasteiger partial charge in [-0.3, -0.25) is 14.6 Å². The topological polar surface area (TPSA) is 71.5 Å². The van der Waals surface area contributed by atoms with Crippen molar-refractivity contribution in [3.63, 3.8) is 0 Å². The van der Waals surface area contributed by atoms with Crippen LogP contribution in [0.5, 0.6) is 5.75 Å². The molecule has 0 spiro atoms. The van der Waals surface area contributed by atoms with Crippen LogP contribution >= 0.6 is 0 Å². The minimum absolute atomic E-state index is 0.0320. The highest BCUT2D eigenvalue weighted by molar-refractivity contribution is 6.05. The molecule has 28 heavy (non-hydrogen) atoms. The third-order valence-corrected chi connectivity index (χ3v) is 4.79. The Kier molecular flexibility index (Phi) is 5.68. The first-order valence-corrected chi connectivity index (χ1v) is 9.58. The molecular weight excluding hydrogens is 354 g/mol. The number of nitrogens with zero attached hydrogens (tertiary/aromatic N) is 2. The van der Waals surface area contributed by atoms with Crippen LogP contribution in [0.4, 0.5) is 11.4 Å². The summed E-state index contributed by atoms with van der Waals surface area (Å²) in [6.07, 6.45) is 4.04. The largest absolute Gasteiger partial charge is 0.490 e. The molecule has 0 bridgehead atoms. The van der Waals surface area contributed by atoms with Crippen LogP contribution in [0.3, 0.4) is 0 Å².